The largest absolute Gasteiger partial charge is 0.329 e. The molecule has 15 heavy (non-hydrogen) atoms. The number of rotatable bonds is 6. The molecule has 0 spiro atoms. The van der Waals surface area contributed by atoms with Crippen LogP contribution in [0.15, 0.2) is 11.7 Å². The van der Waals surface area contributed by atoms with Crippen molar-refractivity contribution in [1.29, 1.82) is 0 Å². The Kier molecular flexibility index (Phi) is 4.42. The third-order valence-electron chi connectivity index (χ3n) is 3.15. The number of Topliss-reactive ketones (excluding diaryl/α,β-unsaturated/α-hetero) is 1. The molecular formula is C11H18N2OS. The lowest BCUT2D eigenvalue weighted by molar-refractivity contribution is -0.128. The zero-order chi connectivity index (χ0) is 11.3. The minimum absolute atomic E-state index is 0.249. The number of carbonyl (C=O) groups excluding carboxylic acids is 1. The van der Waals surface area contributed by atoms with Gasteiger partial charge in [0.15, 0.2) is 0 Å². The number of nitrogens with two attached hydrogens (primary N) is 1. The summed E-state index contributed by atoms with van der Waals surface area (Å²) in [6.45, 7) is 4.50. The molecule has 0 aromatic carbocycles. The summed E-state index contributed by atoms with van der Waals surface area (Å²) in [6, 6.07) is 0. The second kappa shape index (κ2) is 5.37. The molecule has 0 atom stereocenters. The minimum Gasteiger partial charge on any atom is -0.329 e. The third-order valence-corrected chi connectivity index (χ3v) is 3.93. The lowest BCUT2D eigenvalue weighted by Gasteiger charge is -2.28. The van der Waals surface area contributed by atoms with E-state index in [0.717, 1.165) is 17.7 Å². The van der Waals surface area contributed by atoms with Crippen LogP contribution in [0.5, 0.6) is 0 Å². The highest BCUT2D eigenvalue weighted by molar-refractivity contribution is 7.09. The Morgan fingerprint density at radius 2 is 2.20 bits per heavy atom. The van der Waals surface area contributed by atoms with Gasteiger partial charge in [-0.25, -0.2) is 0 Å². The predicted octanol–water partition coefficient (Wildman–Crippen LogP) is 2.02. The van der Waals surface area contributed by atoms with Crippen LogP contribution in [-0.2, 0) is 11.2 Å². The molecule has 0 bridgehead atoms. The van der Waals surface area contributed by atoms with E-state index in [-0.39, 0.29) is 11.2 Å². The number of carbonyl (C=O) groups is 1. The summed E-state index contributed by atoms with van der Waals surface area (Å²) in [5, 5.41) is 0. The quantitative estimate of drug-likeness (QED) is 0.807. The maximum absolute atomic E-state index is 12.1. The first-order valence-electron chi connectivity index (χ1n) is 5.29. The number of hydrogen-bond acceptors (Lipinski definition) is 4. The van der Waals surface area contributed by atoms with Gasteiger partial charge in [-0.05, 0) is 12.8 Å². The van der Waals surface area contributed by atoms with E-state index < -0.39 is 0 Å². The molecule has 3 nitrogen and oxygen atoms in total. The highest BCUT2D eigenvalue weighted by Crippen LogP contribution is 2.28. The second-order valence-corrected chi connectivity index (χ2v) is 4.73. The molecule has 0 saturated carbocycles. The Morgan fingerprint density at radius 1 is 1.53 bits per heavy atom. The molecule has 84 valence electrons. The molecule has 1 rings (SSSR count). The summed E-state index contributed by atoms with van der Waals surface area (Å²) < 4.78 is 0. The average Bonchev–Trinajstić information content (AvgIpc) is 2.74. The van der Waals surface area contributed by atoms with E-state index in [1.807, 2.05) is 13.8 Å². The van der Waals surface area contributed by atoms with Crippen LogP contribution in [0, 0.1) is 5.41 Å². The Morgan fingerprint density at radius 3 is 2.60 bits per heavy atom. The van der Waals surface area contributed by atoms with Crippen LogP contribution in [-0.4, -0.2) is 17.3 Å². The minimum atomic E-state index is -0.329. The first kappa shape index (κ1) is 12.3. The van der Waals surface area contributed by atoms with Gasteiger partial charge >= 0.3 is 0 Å². The van der Waals surface area contributed by atoms with Crippen molar-refractivity contribution in [2.24, 2.45) is 11.1 Å². The monoisotopic (exact) mass is 226 g/mol. The SMILES string of the molecule is CCC(CC)(CN)C(=O)Cc1cncs1. The molecule has 2 N–H and O–H groups in total. The molecule has 0 amide bonds. The molecule has 0 radical (unpaired) electrons. The van der Waals surface area contributed by atoms with Crippen molar-refractivity contribution in [2.45, 2.75) is 33.1 Å². The molecule has 1 aromatic heterocycles. The lowest BCUT2D eigenvalue weighted by Crippen LogP contribution is -2.38. The molecule has 0 fully saturated rings. The predicted molar refractivity (Wildman–Crippen MR) is 62.9 cm³/mol. The van der Waals surface area contributed by atoms with Crippen LogP contribution in [0.1, 0.15) is 31.6 Å². The van der Waals surface area contributed by atoms with Crippen LogP contribution < -0.4 is 5.73 Å². The summed E-state index contributed by atoms with van der Waals surface area (Å²) in [4.78, 5) is 17.1. The Balaban J connectivity index is 2.73. The smallest absolute Gasteiger partial charge is 0.145 e. The van der Waals surface area contributed by atoms with E-state index in [9.17, 15) is 4.79 Å². The molecular weight excluding hydrogens is 208 g/mol. The van der Waals surface area contributed by atoms with Crippen molar-refractivity contribution in [1.82, 2.24) is 4.98 Å². The van der Waals surface area contributed by atoms with Gasteiger partial charge in [-0.3, -0.25) is 9.78 Å². The molecule has 0 unspecified atom stereocenters. The molecule has 1 aromatic rings. The van der Waals surface area contributed by atoms with Gasteiger partial charge in [0.05, 0.1) is 5.51 Å². The maximum atomic E-state index is 12.1. The fourth-order valence-electron chi connectivity index (χ4n) is 1.72. The molecule has 4 heteroatoms. The topological polar surface area (TPSA) is 56.0 Å². The highest BCUT2D eigenvalue weighted by atomic mass is 32.1. The van der Waals surface area contributed by atoms with Crippen molar-refractivity contribution >= 4 is 17.1 Å². The molecule has 0 saturated heterocycles. The van der Waals surface area contributed by atoms with Gasteiger partial charge in [0, 0.05) is 29.5 Å². The van der Waals surface area contributed by atoms with Crippen molar-refractivity contribution in [2.75, 3.05) is 6.54 Å². The van der Waals surface area contributed by atoms with Gasteiger partial charge in [-0.2, -0.15) is 0 Å². The molecule has 0 aliphatic carbocycles. The Labute approximate surface area is 94.7 Å². The Bertz CT molecular complexity index is 296. The van der Waals surface area contributed by atoms with Crippen LogP contribution in [0.4, 0.5) is 0 Å². The average molecular weight is 226 g/mol. The van der Waals surface area contributed by atoms with E-state index in [0.29, 0.717) is 13.0 Å². The first-order chi connectivity index (χ1) is 7.18. The van der Waals surface area contributed by atoms with Gasteiger partial charge in [-0.1, -0.05) is 13.8 Å². The van der Waals surface area contributed by atoms with E-state index in [1.165, 1.54) is 11.3 Å². The van der Waals surface area contributed by atoms with E-state index >= 15 is 0 Å². The lowest BCUT2D eigenvalue weighted by atomic mass is 9.77. The van der Waals surface area contributed by atoms with E-state index in [4.69, 9.17) is 5.73 Å². The third kappa shape index (κ3) is 2.63. The summed E-state index contributed by atoms with van der Waals surface area (Å²) in [5.74, 6) is 0.249. The number of thiazole rings is 1. The summed E-state index contributed by atoms with van der Waals surface area (Å²) in [6.07, 6.45) is 3.87. The number of nitrogens with zero attached hydrogens (tertiary/aromatic N) is 1. The normalized spacial score (nSPS) is 11.7. The highest BCUT2D eigenvalue weighted by Gasteiger charge is 2.32. The van der Waals surface area contributed by atoms with Crippen LogP contribution in [0.2, 0.25) is 0 Å². The standard InChI is InChI=1S/C11H18N2OS/c1-3-11(4-2,7-12)10(14)5-9-6-13-8-15-9/h6,8H,3-5,7,12H2,1-2H3. The summed E-state index contributed by atoms with van der Waals surface area (Å²) in [7, 11) is 0. The summed E-state index contributed by atoms with van der Waals surface area (Å²) >= 11 is 1.53. The zero-order valence-electron chi connectivity index (χ0n) is 9.32. The maximum Gasteiger partial charge on any atom is 0.145 e. The van der Waals surface area contributed by atoms with Crippen molar-refractivity contribution in [3.05, 3.63) is 16.6 Å². The Hall–Kier alpha value is -0.740. The zero-order valence-corrected chi connectivity index (χ0v) is 10.1. The van der Waals surface area contributed by atoms with Crippen molar-refractivity contribution in [3.8, 4) is 0 Å². The number of ketones is 1. The molecule has 0 aliphatic rings. The number of hydrogen-bond donors (Lipinski definition) is 1. The first-order valence-corrected chi connectivity index (χ1v) is 6.17. The summed E-state index contributed by atoms with van der Waals surface area (Å²) in [5.41, 5.74) is 7.15. The molecule has 0 aliphatic heterocycles. The van der Waals surface area contributed by atoms with Crippen LogP contribution >= 0.6 is 11.3 Å². The van der Waals surface area contributed by atoms with Crippen LogP contribution in [0.25, 0.3) is 0 Å². The van der Waals surface area contributed by atoms with Gasteiger partial charge in [0.25, 0.3) is 0 Å². The number of aromatic nitrogens is 1. The molecule has 1 heterocycles. The van der Waals surface area contributed by atoms with E-state index in [2.05, 4.69) is 4.98 Å². The second-order valence-electron chi connectivity index (χ2n) is 3.76. The van der Waals surface area contributed by atoms with Gasteiger partial charge in [0.2, 0.25) is 0 Å². The fourth-order valence-corrected chi connectivity index (χ4v) is 2.32. The van der Waals surface area contributed by atoms with Crippen molar-refractivity contribution < 1.29 is 4.79 Å². The van der Waals surface area contributed by atoms with Gasteiger partial charge in [-0.15, -0.1) is 11.3 Å². The fraction of sp³-hybridized carbons (Fsp3) is 0.636. The van der Waals surface area contributed by atoms with Gasteiger partial charge in [0.1, 0.15) is 5.78 Å². The van der Waals surface area contributed by atoms with E-state index in [1.54, 1.807) is 11.7 Å². The van der Waals surface area contributed by atoms with Gasteiger partial charge < -0.3 is 5.73 Å². The van der Waals surface area contributed by atoms with Crippen molar-refractivity contribution in [3.63, 3.8) is 0 Å². The van der Waals surface area contributed by atoms with Crippen LogP contribution in [0.3, 0.4) is 0 Å².